The van der Waals surface area contributed by atoms with Crippen molar-refractivity contribution in [2.75, 3.05) is 26.4 Å². The largest absolute Gasteiger partial charge is 0.458 e. The fraction of sp³-hybridized carbons (Fsp3) is 0.860. The zero-order chi connectivity index (χ0) is 42.5. The predicted molar refractivity (Wildman–Crippen MR) is 215 cm³/mol. The van der Waals surface area contributed by atoms with Crippen molar-refractivity contribution in [3.63, 3.8) is 0 Å². The molecule has 0 aromatic rings. The molecule has 11 atom stereocenters. The number of esters is 2. The molecule has 0 saturated carbocycles. The molecule has 58 heavy (non-hydrogen) atoms. The maximum absolute atomic E-state index is 12.8. The van der Waals surface area contributed by atoms with E-state index >= 15 is 0 Å². The Labute approximate surface area is 345 Å². The van der Waals surface area contributed by atoms with Crippen LogP contribution in [0.5, 0.6) is 0 Å². The van der Waals surface area contributed by atoms with E-state index < -0.39 is 99.3 Å². The maximum Gasteiger partial charge on any atom is 0.330 e. The summed E-state index contributed by atoms with van der Waals surface area (Å²) >= 11 is 0. The Kier molecular flexibility index (Phi) is 28.6. The summed E-state index contributed by atoms with van der Waals surface area (Å²) in [4.78, 5) is 25.3. The molecule has 0 aromatic heterocycles. The molecule has 2 aliphatic heterocycles. The van der Waals surface area contributed by atoms with Crippen LogP contribution in [0.25, 0.3) is 0 Å². The number of aliphatic hydroxyl groups is 7. The molecule has 2 saturated heterocycles. The SMILES string of the molecule is CCCCCCCCCCCCC/C=C/C=C/C(=O)OC[C@H](CO[C@@H]1O[C@H](CO[C@@H]2O[C@H](CO)[C@H](O)C(O)C2O)[C@H](O)C(O)C1O)OC(=O)CCCCCCCCC. The van der Waals surface area contributed by atoms with Crippen LogP contribution in [-0.4, -0.2) is 142 Å². The first-order valence-corrected chi connectivity index (χ1v) is 22.0. The smallest absolute Gasteiger partial charge is 0.330 e. The van der Waals surface area contributed by atoms with Gasteiger partial charge in [0.1, 0.15) is 55.4 Å². The number of hydrogen-bond donors (Lipinski definition) is 7. The second-order valence-corrected chi connectivity index (χ2v) is 15.6. The summed E-state index contributed by atoms with van der Waals surface area (Å²) in [6, 6.07) is 0. The summed E-state index contributed by atoms with van der Waals surface area (Å²) < 4.78 is 33.1. The molecule has 2 fully saturated rings. The Balaban J connectivity index is 1.87. The molecular formula is C43H76O15. The molecule has 0 bridgehead atoms. The highest BCUT2D eigenvalue weighted by molar-refractivity contribution is 5.82. The van der Waals surface area contributed by atoms with Gasteiger partial charge in [-0.05, 0) is 19.3 Å². The number of carbonyl (C=O) groups excluding carboxylic acids is 2. The van der Waals surface area contributed by atoms with E-state index in [1.807, 2.05) is 6.08 Å². The van der Waals surface area contributed by atoms with Gasteiger partial charge in [-0.1, -0.05) is 135 Å². The Morgan fingerprint density at radius 2 is 1.09 bits per heavy atom. The molecule has 2 heterocycles. The summed E-state index contributed by atoms with van der Waals surface area (Å²) in [6.07, 6.45) is 11.8. The lowest BCUT2D eigenvalue weighted by Gasteiger charge is -2.42. The zero-order valence-electron chi connectivity index (χ0n) is 35.0. The first-order valence-electron chi connectivity index (χ1n) is 22.0. The van der Waals surface area contributed by atoms with Gasteiger partial charge in [-0.3, -0.25) is 4.79 Å². The van der Waals surface area contributed by atoms with E-state index in [1.54, 1.807) is 12.2 Å². The first-order chi connectivity index (χ1) is 28.0. The highest BCUT2D eigenvalue weighted by atomic mass is 16.7. The van der Waals surface area contributed by atoms with Gasteiger partial charge in [0.25, 0.3) is 0 Å². The van der Waals surface area contributed by atoms with Crippen LogP contribution in [0.3, 0.4) is 0 Å². The second kappa shape index (κ2) is 31.8. The van der Waals surface area contributed by atoms with E-state index in [0.717, 1.165) is 44.9 Å². The third-order valence-electron chi connectivity index (χ3n) is 10.5. The van der Waals surface area contributed by atoms with Gasteiger partial charge in [0.05, 0.1) is 19.8 Å². The van der Waals surface area contributed by atoms with Gasteiger partial charge in [-0.25, -0.2) is 4.79 Å². The lowest BCUT2D eigenvalue weighted by molar-refractivity contribution is -0.332. The van der Waals surface area contributed by atoms with Crippen molar-refractivity contribution < 1.29 is 73.8 Å². The minimum absolute atomic E-state index is 0.146. The number of unbranched alkanes of at least 4 members (excludes halogenated alkanes) is 17. The van der Waals surface area contributed by atoms with Gasteiger partial charge in [-0.2, -0.15) is 0 Å². The molecule has 15 heteroatoms. The molecule has 338 valence electrons. The summed E-state index contributed by atoms with van der Waals surface area (Å²) in [7, 11) is 0. The Morgan fingerprint density at radius 3 is 1.66 bits per heavy atom. The lowest BCUT2D eigenvalue weighted by atomic mass is 9.98. The maximum atomic E-state index is 12.8. The van der Waals surface area contributed by atoms with Gasteiger partial charge in [0, 0.05) is 12.5 Å². The summed E-state index contributed by atoms with van der Waals surface area (Å²) in [5, 5.41) is 71.6. The van der Waals surface area contributed by atoms with Crippen LogP contribution in [0.15, 0.2) is 24.3 Å². The Hall–Kier alpha value is -2.02. The summed E-state index contributed by atoms with van der Waals surface area (Å²) in [6.45, 7) is 2.38. The first kappa shape index (κ1) is 52.1. The van der Waals surface area contributed by atoms with Gasteiger partial charge >= 0.3 is 11.9 Å². The molecule has 0 amide bonds. The molecule has 7 N–H and O–H groups in total. The number of rotatable bonds is 32. The number of ether oxygens (including phenoxy) is 6. The quantitative estimate of drug-likeness (QED) is 0.0220. The third-order valence-corrected chi connectivity index (χ3v) is 10.5. The highest BCUT2D eigenvalue weighted by Crippen LogP contribution is 2.26. The fourth-order valence-corrected chi connectivity index (χ4v) is 6.83. The Morgan fingerprint density at radius 1 is 0.586 bits per heavy atom. The van der Waals surface area contributed by atoms with E-state index in [2.05, 4.69) is 13.8 Å². The van der Waals surface area contributed by atoms with Gasteiger partial charge < -0.3 is 64.2 Å². The average molecular weight is 833 g/mol. The van der Waals surface area contributed by atoms with Crippen molar-refractivity contribution in [3.05, 3.63) is 24.3 Å². The van der Waals surface area contributed by atoms with Crippen molar-refractivity contribution in [3.8, 4) is 0 Å². The minimum atomic E-state index is -1.77. The molecular weight excluding hydrogens is 756 g/mol. The minimum Gasteiger partial charge on any atom is -0.458 e. The average Bonchev–Trinajstić information content (AvgIpc) is 3.21. The lowest BCUT2D eigenvalue weighted by Crippen LogP contribution is -2.61. The van der Waals surface area contributed by atoms with Crippen LogP contribution in [0.2, 0.25) is 0 Å². The van der Waals surface area contributed by atoms with E-state index in [0.29, 0.717) is 6.42 Å². The predicted octanol–water partition coefficient (Wildman–Crippen LogP) is 4.04. The van der Waals surface area contributed by atoms with Gasteiger partial charge in [-0.15, -0.1) is 0 Å². The molecule has 15 nitrogen and oxygen atoms in total. The third kappa shape index (κ3) is 21.0. The molecule has 2 aliphatic rings. The highest BCUT2D eigenvalue weighted by Gasteiger charge is 2.47. The van der Waals surface area contributed by atoms with Crippen molar-refractivity contribution in [2.45, 2.75) is 210 Å². The van der Waals surface area contributed by atoms with Crippen molar-refractivity contribution in [2.24, 2.45) is 0 Å². The standard InChI is InChI=1S/C43H76O15/c1-3-5-7-9-11-12-13-14-15-16-17-18-20-21-23-25-34(45)53-28-31(56-35(46)26-24-22-19-10-8-6-4-2)29-54-42-41(52)39(50)37(48)33(58-42)30-55-43-40(51)38(49)36(47)32(27-44)57-43/h20-21,23,25,31-33,36-44,47-52H,3-19,22,24,26-30H2,1-2H3/b21-20+,25-23+/t31-,32-,33-,36+,37+,38?,39?,40?,41?,42-,43-/m1/s1. The molecule has 0 spiro atoms. The van der Waals surface area contributed by atoms with Crippen LogP contribution in [-0.2, 0) is 38.0 Å². The molecule has 0 aliphatic carbocycles. The molecule has 0 aromatic carbocycles. The van der Waals surface area contributed by atoms with Crippen molar-refractivity contribution in [1.82, 2.24) is 0 Å². The van der Waals surface area contributed by atoms with E-state index in [4.69, 9.17) is 28.4 Å². The monoisotopic (exact) mass is 833 g/mol. The van der Waals surface area contributed by atoms with Crippen LogP contribution in [0.1, 0.15) is 142 Å². The summed E-state index contributed by atoms with van der Waals surface area (Å²) in [5.74, 6) is -1.18. The normalized spacial score (nSPS) is 28.3. The van der Waals surface area contributed by atoms with E-state index in [-0.39, 0.29) is 13.0 Å². The number of aliphatic hydroxyl groups excluding tert-OH is 7. The second-order valence-electron chi connectivity index (χ2n) is 15.6. The van der Waals surface area contributed by atoms with Crippen LogP contribution in [0.4, 0.5) is 0 Å². The summed E-state index contributed by atoms with van der Waals surface area (Å²) in [5.41, 5.74) is 0. The number of hydrogen-bond acceptors (Lipinski definition) is 15. The van der Waals surface area contributed by atoms with Gasteiger partial charge in [0.15, 0.2) is 18.7 Å². The fourth-order valence-electron chi connectivity index (χ4n) is 6.83. The zero-order valence-corrected chi connectivity index (χ0v) is 35.0. The van der Waals surface area contributed by atoms with Crippen LogP contribution >= 0.6 is 0 Å². The van der Waals surface area contributed by atoms with Crippen LogP contribution < -0.4 is 0 Å². The Bertz CT molecular complexity index is 1120. The van der Waals surface area contributed by atoms with Crippen LogP contribution in [0, 0.1) is 0 Å². The number of allylic oxidation sites excluding steroid dienone is 3. The van der Waals surface area contributed by atoms with E-state index in [1.165, 1.54) is 76.7 Å². The molecule has 0 radical (unpaired) electrons. The van der Waals surface area contributed by atoms with E-state index in [9.17, 15) is 45.3 Å². The van der Waals surface area contributed by atoms with Gasteiger partial charge in [0.2, 0.25) is 0 Å². The molecule has 2 rings (SSSR count). The van der Waals surface area contributed by atoms with Crippen molar-refractivity contribution >= 4 is 11.9 Å². The number of carbonyl (C=O) groups is 2. The van der Waals surface area contributed by atoms with Crippen molar-refractivity contribution in [1.29, 1.82) is 0 Å². The topological polar surface area (TPSA) is 231 Å². The molecule has 4 unspecified atom stereocenters.